The van der Waals surface area contributed by atoms with Crippen LogP contribution in [0.15, 0.2) is 138 Å². The normalized spacial score (nSPS) is 12.1. The minimum absolute atomic E-state index is 0.0297. The van der Waals surface area contributed by atoms with E-state index in [1.807, 2.05) is 0 Å². The van der Waals surface area contributed by atoms with E-state index in [2.05, 4.69) is 36.0 Å². The number of anilines is 3. The molecule has 6 rings (SSSR count). The third-order valence-electron chi connectivity index (χ3n) is 8.56. The number of benzene rings is 6. The van der Waals surface area contributed by atoms with Crippen LogP contribution in [0.4, 0.5) is 51.2 Å². The average Bonchev–Trinajstić information content (AvgIpc) is 3.21. The van der Waals surface area contributed by atoms with E-state index in [0.29, 0.717) is 22.5 Å². The first-order valence-electron chi connectivity index (χ1n) is 17.1. The molecule has 6 aromatic carbocycles. The molecule has 0 spiro atoms. The summed E-state index contributed by atoms with van der Waals surface area (Å²) in [6.45, 7) is 0. The number of carboxylic acids is 1. The van der Waals surface area contributed by atoms with Crippen molar-refractivity contribution >= 4 is 94.1 Å². The molecule has 0 saturated heterocycles. The number of phenols is 1. The van der Waals surface area contributed by atoms with E-state index in [4.69, 9.17) is 20.9 Å². The number of nitrogens with one attached hydrogen (secondary N) is 1. The van der Waals surface area contributed by atoms with Gasteiger partial charge in [-0.2, -0.15) is 21.9 Å². The van der Waals surface area contributed by atoms with Crippen molar-refractivity contribution in [3.8, 4) is 28.4 Å². The predicted molar refractivity (Wildman–Crippen MR) is 221 cm³/mol. The van der Waals surface area contributed by atoms with Crippen LogP contribution < -0.4 is 26.3 Å². The molecule has 0 heterocycles. The van der Waals surface area contributed by atoms with E-state index >= 15 is 0 Å². The van der Waals surface area contributed by atoms with Crippen LogP contribution in [0.5, 0.6) is 17.2 Å². The Morgan fingerprint density at radius 2 is 1.21 bits per heavy atom. The lowest BCUT2D eigenvalue weighted by molar-refractivity contribution is -0.147. The predicted octanol–water partition coefficient (Wildman–Crippen LogP) is 8.16. The number of nitrogen functional groups attached to an aromatic ring is 2. The van der Waals surface area contributed by atoms with Gasteiger partial charge in [0, 0.05) is 11.1 Å². The van der Waals surface area contributed by atoms with Gasteiger partial charge in [-0.15, -0.1) is 25.6 Å². The van der Waals surface area contributed by atoms with Gasteiger partial charge in [0.25, 0.3) is 20.2 Å². The summed E-state index contributed by atoms with van der Waals surface area (Å²) >= 11 is 0. The highest BCUT2D eigenvalue weighted by molar-refractivity contribution is 7.86. The van der Waals surface area contributed by atoms with Gasteiger partial charge in [0.05, 0.1) is 36.2 Å². The van der Waals surface area contributed by atoms with Gasteiger partial charge in [-0.1, -0.05) is 18.2 Å². The second kappa shape index (κ2) is 17.2. The van der Waals surface area contributed by atoms with Gasteiger partial charge in [0.15, 0.2) is 5.75 Å². The zero-order valence-electron chi connectivity index (χ0n) is 31.4. The lowest BCUT2D eigenvalue weighted by Crippen LogP contribution is -2.21. The number of fused-ring (bicyclic) bond motifs is 1. The van der Waals surface area contributed by atoms with E-state index in [-0.39, 0.29) is 56.4 Å². The van der Waals surface area contributed by atoms with Gasteiger partial charge in [-0.3, -0.25) is 13.9 Å². The molecular weight excluding hydrogens is 839 g/mol. The van der Waals surface area contributed by atoms with Gasteiger partial charge in [0.1, 0.15) is 44.8 Å². The molecule has 9 N–H and O–H groups in total. The van der Waals surface area contributed by atoms with Gasteiger partial charge in [-0.25, -0.2) is 4.79 Å². The molecular formula is C38H31N9O12S2. The topological polar surface area (TPSA) is 340 Å². The molecule has 61 heavy (non-hydrogen) atoms. The first-order valence-corrected chi connectivity index (χ1v) is 19.9. The van der Waals surface area contributed by atoms with E-state index in [1.165, 1.54) is 50.6 Å². The number of nitrogens with zero attached hydrogens (tertiary/aromatic N) is 6. The number of azo groups is 3. The molecule has 0 radical (unpaired) electrons. The monoisotopic (exact) mass is 869 g/mol. The summed E-state index contributed by atoms with van der Waals surface area (Å²) in [5, 5.41) is 47.0. The fourth-order valence-electron chi connectivity index (χ4n) is 5.60. The van der Waals surface area contributed by atoms with Crippen molar-refractivity contribution in [2.45, 2.75) is 9.79 Å². The summed E-state index contributed by atoms with van der Waals surface area (Å²) in [7, 11) is -6.99. The summed E-state index contributed by atoms with van der Waals surface area (Å²) in [5.74, 6) is -3.63. The highest BCUT2D eigenvalue weighted by atomic mass is 32.2. The number of ether oxygens (including phenoxy) is 2. The minimum Gasteiger partial charge on any atom is -0.504 e. The molecule has 21 nitrogen and oxygen atoms in total. The Labute approximate surface area is 345 Å². The van der Waals surface area contributed by atoms with Crippen molar-refractivity contribution in [2.24, 2.45) is 30.7 Å². The molecule has 0 bridgehead atoms. The molecule has 0 aromatic heterocycles. The van der Waals surface area contributed by atoms with E-state index < -0.39 is 53.3 Å². The quantitative estimate of drug-likeness (QED) is 0.0264. The molecule has 0 aliphatic rings. The van der Waals surface area contributed by atoms with Crippen molar-refractivity contribution in [1.82, 2.24) is 0 Å². The number of aliphatic carboxylic acids is 1. The third-order valence-corrected chi connectivity index (χ3v) is 10.3. The number of carbonyl (C=O) groups excluding carboxylic acids is 1. The number of hydrogen-bond donors (Lipinski definition) is 7. The van der Waals surface area contributed by atoms with Crippen LogP contribution in [-0.4, -0.2) is 62.3 Å². The smallest absolute Gasteiger partial charge is 0.394 e. The number of nitrogens with two attached hydrogens (primary N) is 2. The summed E-state index contributed by atoms with van der Waals surface area (Å²) in [6.07, 6.45) is 0. The standard InChI is InChI=1S/C38H31N9O12S2/c1-58-32-14-19(3-9-29(32)45-44-28-12-6-23(18-31(28)41-37(49)38(50)51)42-43-27-11-5-22(39)17-26(27)40)20-4-10-30(33(15-20)59-2)46-47-35-25-8-7-24(60(52,53)54)13-21(25)16-34(36(35)48)61(55,56)57/h3-18,48H,39-40H2,1-2H3,(H,41,49)(H,50,51)(H,52,53,54)(H,55,56,57). The van der Waals surface area contributed by atoms with Crippen LogP contribution >= 0.6 is 0 Å². The lowest BCUT2D eigenvalue weighted by Gasteiger charge is -2.11. The Balaban J connectivity index is 1.30. The van der Waals surface area contributed by atoms with E-state index in [1.54, 1.807) is 42.5 Å². The Morgan fingerprint density at radius 1 is 0.639 bits per heavy atom. The summed E-state index contributed by atoms with van der Waals surface area (Å²) in [4.78, 5) is 21.9. The number of amides is 1. The molecule has 0 unspecified atom stereocenters. The summed E-state index contributed by atoms with van der Waals surface area (Å²) in [6, 6.07) is 22.5. The molecule has 312 valence electrons. The first kappa shape index (κ1) is 42.7. The maximum atomic E-state index is 12.1. The maximum absolute atomic E-state index is 12.1. The van der Waals surface area contributed by atoms with Crippen LogP contribution in [0.1, 0.15) is 0 Å². The van der Waals surface area contributed by atoms with Gasteiger partial charge in [-0.05, 0) is 95.4 Å². The van der Waals surface area contributed by atoms with Crippen molar-refractivity contribution in [3.05, 3.63) is 97.1 Å². The average molecular weight is 870 g/mol. The fraction of sp³-hybridized carbons (Fsp3) is 0.0526. The number of carbonyl (C=O) groups is 2. The zero-order valence-corrected chi connectivity index (χ0v) is 33.1. The first-order chi connectivity index (χ1) is 28.9. The van der Waals surface area contributed by atoms with Crippen molar-refractivity contribution in [3.63, 3.8) is 0 Å². The Bertz CT molecular complexity index is 3090. The van der Waals surface area contributed by atoms with E-state index in [0.717, 1.165) is 18.2 Å². The van der Waals surface area contributed by atoms with Crippen LogP contribution in [0.25, 0.3) is 21.9 Å². The SMILES string of the molecule is COc1cc(-c2ccc(N=Nc3c(O)c(S(=O)(=O)O)cc4cc(S(=O)(=O)O)ccc34)c(OC)c2)ccc1N=Nc1ccc(N=Nc2ccc(N)cc2N)cc1NC(=O)C(=O)O. The van der Waals surface area contributed by atoms with Crippen molar-refractivity contribution in [2.75, 3.05) is 31.0 Å². The molecule has 0 atom stereocenters. The summed E-state index contributed by atoms with van der Waals surface area (Å²) < 4.78 is 77.9. The fourth-order valence-corrected chi connectivity index (χ4v) is 6.74. The largest absolute Gasteiger partial charge is 0.504 e. The summed E-state index contributed by atoms with van der Waals surface area (Å²) in [5.41, 5.74) is 14.0. The van der Waals surface area contributed by atoms with Crippen LogP contribution in [0.3, 0.4) is 0 Å². The van der Waals surface area contributed by atoms with Gasteiger partial charge >= 0.3 is 11.9 Å². The highest BCUT2D eigenvalue weighted by Gasteiger charge is 2.23. The zero-order chi connectivity index (χ0) is 44.2. The van der Waals surface area contributed by atoms with Gasteiger partial charge in [0.2, 0.25) is 0 Å². The van der Waals surface area contributed by atoms with Crippen LogP contribution in [0.2, 0.25) is 0 Å². The number of carboxylic acid groups (broad SMARTS) is 1. The highest BCUT2D eigenvalue weighted by Crippen LogP contribution is 2.44. The number of hydrogen-bond acceptors (Lipinski definition) is 17. The number of rotatable bonds is 12. The van der Waals surface area contributed by atoms with Crippen molar-refractivity contribution in [1.29, 1.82) is 0 Å². The Hall–Kier alpha value is -7.86. The minimum atomic E-state index is -5.04. The second-order valence-electron chi connectivity index (χ2n) is 12.6. The molecule has 23 heteroatoms. The molecule has 6 aromatic rings. The Morgan fingerprint density at radius 3 is 1.79 bits per heavy atom. The molecule has 0 fully saturated rings. The lowest BCUT2D eigenvalue weighted by atomic mass is 10.0. The molecule has 0 saturated carbocycles. The molecule has 0 aliphatic carbocycles. The maximum Gasteiger partial charge on any atom is 0.394 e. The molecule has 1 amide bonds. The number of methoxy groups -OCH3 is 2. The Kier molecular flexibility index (Phi) is 12.0. The van der Waals surface area contributed by atoms with Crippen LogP contribution in [-0.2, 0) is 29.8 Å². The number of phenolic OH excluding ortho intramolecular Hbond substituents is 1. The third kappa shape index (κ3) is 9.72. The van der Waals surface area contributed by atoms with Crippen molar-refractivity contribution < 1.29 is 55.2 Å². The number of aromatic hydroxyl groups is 1. The van der Waals surface area contributed by atoms with E-state index in [9.17, 15) is 45.7 Å². The second-order valence-corrected chi connectivity index (χ2v) is 15.4. The molecule has 0 aliphatic heterocycles. The van der Waals surface area contributed by atoms with Crippen LogP contribution in [0, 0.1) is 0 Å². The van der Waals surface area contributed by atoms with Gasteiger partial charge < -0.3 is 36.5 Å².